The van der Waals surface area contributed by atoms with E-state index in [1.807, 2.05) is 9.80 Å². The zero-order valence-corrected chi connectivity index (χ0v) is 18.8. The molecule has 0 N–H and O–H groups in total. The zero-order chi connectivity index (χ0) is 22.0. The highest BCUT2D eigenvalue weighted by molar-refractivity contribution is 6.31. The number of piperazine rings is 1. The first-order valence-corrected chi connectivity index (χ1v) is 11.6. The van der Waals surface area contributed by atoms with Gasteiger partial charge < -0.3 is 19.4 Å². The lowest BCUT2D eigenvalue weighted by atomic mass is 9.84. The van der Waals surface area contributed by atoms with Crippen LogP contribution in [0.15, 0.2) is 18.2 Å². The number of carbonyl (C=O) groups is 3. The van der Waals surface area contributed by atoms with Gasteiger partial charge in [0, 0.05) is 56.1 Å². The number of methoxy groups -OCH3 is 1. The number of ether oxygens (including phenoxy) is 1. The number of likely N-dealkylation sites (tertiary alicyclic amines) is 1. The van der Waals surface area contributed by atoms with Gasteiger partial charge in [-0.1, -0.05) is 18.0 Å². The van der Waals surface area contributed by atoms with E-state index in [1.54, 1.807) is 23.1 Å². The van der Waals surface area contributed by atoms with Crippen molar-refractivity contribution in [2.45, 2.75) is 32.1 Å². The van der Waals surface area contributed by atoms with Crippen LogP contribution in [0.5, 0.6) is 5.75 Å². The molecule has 8 heteroatoms. The monoisotopic (exact) mass is 447 g/mol. The average molecular weight is 448 g/mol. The van der Waals surface area contributed by atoms with Crippen LogP contribution in [0.2, 0.25) is 5.02 Å². The van der Waals surface area contributed by atoms with Gasteiger partial charge in [0.1, 0.15) is 5.75 Å². The lowest BCUT2D eigenvalue weighted by Gasteiger charge is -2.40. The maximum Gasteiger partial charge on any atom is 0.257 e. The Balaban J connectivity index is 1.28. The summed E-state index contributed by atoms with van der Waals surface area (Å²) in [5, 5.41) is 0.490. The highest BCUT2D eigenvalue weighted by Gasteiger charge is 2.35. The first-order chi connectivity index (χ1) is 15.0. The van der Waals surface area contributed by atoms with E-state index in [0.29, 0.717) is 68.4 Å². The van der Waals surface area contributed by atoms with Gasteiger partial charge >= 0.3 is 0 Å². The maximum absolute atomic E-state index is 13.0. The summed E-state index contributed by atoms with van der Waals surface area (Å²) in [6.07, 6.45) is 4.47. The van der Waals surface area contributed by atoms with E-state index in [9.17, 15) is 14.4 Å². The summed E-state index contributed by atoms with van der Waals surface area (Å²) in [6, 6.07) is 5.02. The number of piperidine rings is 1. The molecular weight excluding hydrogens is 418 g/mol. The number of nitrogens with zero attached hydrogens (tertiary/aromatic N) is 3. The average Bonchev–Trinajstić information content (AvgIpc) is 2.77. The van der Waals surface area contributed by atoms with Crippen molar-refractivity contribution in [3.8, 4) is 5.75 Å². The summed E-state index contributed by atoms with van der Waals surface area (Å²) in [5.41, 5.74) is 0.451. The number of halogens is 1. The molecule has 3 aliphatic rings. The molecule has 7 nitrogen and oxygen atoms in total. The fraction of sp³-hybridized carbons (Fsp3) is 0.609. The van der Waals surface area contributed by atoms with Crippen LogP contribution in [0, 0.1) is 11.8 Å². The molecule has 4 rings (SSSR count). The minimum Gasteiger partial charge on any atom is -0.496 e. The van der Waals surface area contributed by atoms with Crippen LogP contribution >= 0.6 is 11.6 Å². The number of hydrogen-bond donors (Lipinski definition) is 0. The van der Waals surface area contributed by atoms with Gasteiger partial charge in [0.25, 0.3) is 5.91 Å². The SMILES string of the molecule is COc1ccc(Cl)cc1C(=O)N1CCC(C(=O)N2CCN(C(=O)C3CCC3)CC2)CC1. The predicted molar refractivity (Wildman–Crippen MR) is 117 cm³/mol. The molecule has 1 aromatic carbocycles. The van der Waals surface area contributed by atoms with E-state index in [4.69, 9.17) is 16.3 Å². The van der Waals surface area contributed by atoms with Gasteiger partial charge in [-0.05, 0) is 43.9 Å². The van der Waals surface area contributed by atoms with Crippen molar-refractivity contribution in [2.75, 3.05) is 46.4 Å². The van der Waals surface area contributed by atoms with E-state index < -0.39 is 0 Å². The fourth-order valence-electron chi connectivity index (χ4n) is 4.67. The molecule has 1 aliphatic carbocycles. The van der Waals surface area contributed by atoms with Crippen LogP contribution in [-0.2, 0) is 9.59 Å². The highest BCUT2D eigenvalue weighted by atomic mass is 35.5. The van der Waals surface area contributed by atoms with E-state index in [-0.39, 0.29) is 29.6 Å². The summed E-state index contributed by atoms with van der Waals surface area (Å²) < 4.78 is 5.31. The van der Waals surface area contributed by atoms with Gasteiger partial charge in [-0.25, -0.2) is 0 Å². The van der Waals surface area contributed by atoms with Gasteiger partial charge in [0.2, 0.25) is 11.8 Å². The van der Waals surface area contributed by atoms with Crippen LogP contribution < -0.4 is 4.74 Å². The number of benzene rings is 1. The summed E-state index contributed by atoms with van der Waals surface area (Å²) in [4.78, 5) is 44.0. The van der Waals surface area contributed by atoms with Crippen LogP contribution in [0.3, 0.4) is 0 Å². The van der Waals surface area contributed by atoms with E-state index >= 15 is 0 Å². The summed E-state index contributed by atoms with van der Waals surface area (Å²) >= 11 is 6.07. The molecule has 2 saturated heterocycles. The molecule has 168 valence electrons. The van der Waals surface area contributed by atoms with E-state index in [2.05, 4.69) is 0 Å². The Morgan fingerprint density at radius 2 is 1.39 bits per heavy atom. The first kappa shape index (κ1) is 21.9. The highest BCUT2D eigenvalue weighted by Crippen LogP contribution is 2.29. The topological polar surface area (TPSA) is 70.2 Å². The van der Waals surface area contributed by atoms with Crippen molar-refractivity contribution >= 4 is 29.3 Å². The Bertz CT molecular complexity index is 841. The van der Waals surface area contributed by atoms with Gasteiger partial charge in [-0.3, -0.25) is 14.4 Å². The van der Waals surface area contributed by atoms with Crippen LogP contribution in [-0.4, -0.2) is 78.8 Å². The third kappa shape index (κ3) is 4.66. The molecule has 2 heterocycles. The summed E-state index contributed by atoms with van der Waals surface area (Å²) in [6.45, 7) is 3.54. The van der Waals surface area contributed by atoms with Crippen LogP contribution in [0.1, 0.15) is 42.5 Å². The fourth-order valence-corrected chi connectivity index (χ4v) is 4.84. The van der Waals surface area contributed by atoms with E-state index in [1.165, 1.54) is 7.11 Å². The third-order valence-electron chi connectivity index (χ3n) is 6.88. The second-order valence-corrected chi connectivity index (χ2v) is 9.13. The Hall–Kier alpha value is -2.28. The molecule has 1 saturated carbocycles. The van der Waals surface area contributed by atoms with E-state index in [0.717, 1.165) is 19.3 Å². The quantitative estimate of drug-likeness (QED) is 0.711. The van der Waals surface area contributed by atoms with Crippen molar-refractivity contribution in [3.63, 3.8) is 0 Å². The van der Waals surface area contributed by atoms with Crippen LogP contribution in [0.25, 0.3) is 0 Å². The Labute approximate surface area is 188 Å². The molecule has 31 heavy (non-hydrogen) atoms. The molecular formula is C23H30ClN3O4. The molecule has 3 fully saturated rings. The Kier molecular flexibility index (Phi) is 6.70. The van der Waals surface area contributed by atoms with Crippen LogP contribution in [0.4, 0.5) is 0 Å². The van der Waals surface area contributed by atoms with Gasteiger partial charge in [0.15, 0.2) is 0 Å². The molecule has 0 bridgehead atoms. The van der Waals surface area contributed by atoms with Crippen molar-refractivity contribution in [2.24, 2.45) is 11.8 Å². The van der Waals surface area contributed by atoms with Crippen molar-refractivity contribution in [1.82, 2.24) is 14.7 Å². The first-order valence-electron chi connectivity index (χ1n) is 11.2. The molecule has 0 spiro atoms. The Morgan fingerprint density at radius 1 is 0.839 bits per heavy atom. The molecule has 3 amide bonds. The lowest BCUT2D eigenvalue weighted by Crippen LogP contribution is -2.54. The Morgan fingerprint density at radius 3 is 1.87 bits per heavy atom. The molecule has 2 aliphatic heterocycles. The number of hydrogen-bond acceptors (Lipinski definition) is 4. The molecule has 1 aromatic rings. The standard InChI is InChI=1S/C23H30ClN3O4/c1-31-20-6-5-18(24)15-19(20)23(30)25-9-7-17(8-10-25)22(29)27-13-11-26(12-14-27)21(28)16-3-2-4-16/h5-6,15-17H,2-4,7-14H2,1H3. The second-order valence-electron chi connectivity index (χ2n) is 8.69. The molecule has 0 unspecified atom stereocenters. The molecule has 0 aromatic heterocycles. The van der Waals surface area contributed by atoms with Crippen molar-refractivity contribution in [1.29, 1.82) is 0 Å². The largest absolute Gasteiger partial charge is 0.496 e. The minimum atomic E-state index is -0.117. The summed E-state index contributed by atoms with van der Waals surface area (Å²) in [7, 11) is 1.53. The van der Waals surface area contributed by atoms with Crippen molar-refractivity contribution < 1.29 is 19.1 Å². The van der Waals surface area contributed by atoms with Gasteiger partial charge in [-0.15, -0.1) is 0 Å². The van der Waals surface area contributed by atoms with Crippen molar-refractivity contribution in [3.05, 3.63) is 28.8 Å². The minimum absolute atomic E-state index is 0.0702. The zero-order valence-electron chi connectivity index (χ0n) is 18.0. The number of amides is 3. The maximum atomic E-state index is 13.0. The lowest BCUT2D eigenvalue weighted by molar-refractivity contribution is -0.146. The molecule has 0 atom stereocenters. The smallest absolute Gasteiger partial charge is 0.257 e. The third-order valence-corrected chi connectivity index (χ3v) is 7.12. The summed E-state index contributed by atoms with van der Waals surface area (Å²) in [5.74, 6) is 0.946. The second kappa shape index (κ2) is 9.47. The molecule has 0 radical (unpaired) electrons. The number of carbonyl (C=O) groups excluding carboxylic acids is 3. The number of rotatable bonds is 4. The normalized spacial score (nSPS) is 20.4. The van der Waals surface area contributed by atoms with Gasteiger partial charge in [-0.2, -0.15) is 0 Å². The predicted octanol–water partition coefficient (Wildman–Crippen LogP) is 2.67. The van der Waals surface area contributed by atoms with Gasteiger partial charge in [0.05, 0.1) is 12.7 Å².